The van der Waals surface area contributed by atoms with E-state index in [1.807, 2.05) is 0 Å². The molecule has 1 saturated heterocycles. The normalized spacial score (nSPS) is 20.1. The van der Waals surface area contributed by atoms with E-state index in [2.05, 4.69) is 5.32 Å². The number of fused-ring (bicyclic) bond motifs is 1. The molecule has 0 bridgehead atoms. The van der Waals surface area contributed by atoms with E-state index >= 15 is 0 Å². The van der Waals surface area contributed by atoms with Crippen molar-refractivity contribution in [3.63, 3.8) is 0 Å². The second kappa shape index (κ2) is 10.2. The van der Waals surface area contributed by atoms with Crippen LogP contribution in [0.4, 0.5) is 20.6 Å². The highest BCUT2D eigenvalue weighted by molar-refractivity contribution is 7.92. The van der Waals surface area contributed by atoms with Crippen molar-refractivity contribution in [2.75, 3.05) is 42.8 Å². The monoisotopic (exact) mass is 590 g/mol. The Labute approximate surface area is 226 Å². The zero-order valence-corrected chi connectivity index (χ0v) is 23.5. The number of sulfonamides is 1. The van der Waals surface area contributed by atoms with Crippen molar-refractivity contribution in [3.8, 4) is 5.75 Å². The lowest BCUT2D eigenvalue weighted by Crippen LogP contribution is -2.49. The SMILES string of the molecule is CN1CCN(C[C@H]2CN(S(=O)(=O)c3ccc(F)c(Cl)c3)c3cc(NC(=O)OC(C)(C)C)ccc3O2)S1(=O)=O. The summed E-state index contributed by atoms with van der Waals surface area (Å²) in [5.74, 6) is -0.629. The van der Waals surface area contributed by atoms with Crippen LogP contribution in [0.2, 0.25) is 5.02 Å². The zero-order chi connectivity index (χ0) is 28.0. The molecule has 1 fully saturated rings. The van der Waals surface area contributed by atoms with Gasteiger partial charge in [-0.3, -0.25) is 9.62 Å². The molecular formula is C23H28ClFN4O7S2. The summed E-state index contributed by atoms with van der Waals surface area (Å²) in [5, 5.41) is 2.19. The van der Waals surface area contributed by atoms with E-state index in [4.69, 9.17) is 21.1 Å². The second-order valence-corrected chi connectivity index (χ2v) is 14.2. The molecule has 2 aliphatic heterocycles. The first-order valence-electron chi connectivity index (χ1n) is 11.6. The van der Waals surface area contributed by atoms with Gasteiger partial charge in [-0.25, -0.2) is 17.6 Å². The van der Waals surface area contributed by atoms with Gasteiger partial charge in [0.1, 0.15) is 23.3 Å². The average molecular weight is 591 g/mol. The third-order valence-electron chi connectivity index (χ3n) is 5.81. The Bertz CT molecular complexity index is 1460. The fourth-order valence-corrected chi connectivity index (χ4v) is 7.14. The van der Waals surface area contributed by atoms with Gasteiger partial charge in [0, 0.05) is 25.8 Å². The largest absolute Gasteiger partial charge is 0.485 e. The van der Waals surface area contributed by atoms with Gasteiger partial charge in [0.05, 0.1) is 28.7 Å². The Hall–Kier alpha value is -2.65. The van der Waals surface area contributed by atoms with Crippen LogP contribution in [0.3, 0.4) is 0 Å². The Morgan fingerprint density at radius 1 is 1.21 bits per heavy atom. The number of likely N-dealkylation sites (N-methyl/N-ethyl adjacent to an activating group) is 1. The van der Waals surface area contributed by atoms with Gasteiger partial charge in [-0.15, -0.1) is 0 Å². The van der Waals surface area contributed by atoms with Crippen molar-refractivity contribution in [2.45, 2.75) is 37.4 Å². The molecule has 11 nitrogen and oxygen atoms in total. The number of hydrogen-bond acceptors (Lipinski definition) is 7. The van der Waals surface area contributed by atoms with E-state index in [-0.39, 0.29) is 46.7 Å². The first kappa shape index (κ1) is 28.4. The molecule has 0 aromatic heterocycles. The predicted octanol–water partition coefficient (Wildman–Crippen LogP) is 3.27. The van der Waals surface area contributed by atoms with Gasteiger partial charge in [0.2, 0.25) is 0 Å². The molecule has 2 aromatic rings. The summed E-state index contributed by atoms with van der Waals surface area (Å²) in [7, 11) is -6.55. The minimum atomic E-state index is -4.31. The standard InChI is InChI=1S/C23H28ClFN4O7S2/c1-23(2,3)36-22(30)26-15-5-8-21-20(11-15)29(37(31,32)17-6-7-19(25)18(24)12-17)14-16(35-21)13-28-10-9-27(4)38(28,33)34/h5-8,11-12,16H,9-10,13-14H2,1-4H3,(H,26,30)/t16-/m0/s1. The molecule has 4 rings (SSSR count). The molecule has 0 spiro atoms. The number of anilines is 2. The van der Waals surface area contributed by atoms with E-state index in [0.717, 1.165) is 22.5 Å². The lowest BCUT2D eigenvalue weighted by molar-refractivity contribution is 0.0636. The second-order valence-electron chi connectivity index (χ2n) is 9.85. The fourth-order valence-electron chi connectivity index (χ4n) is 3.99. The van der Waals surface area contributed by atoms with E-state index < -0.39 is 43.8 Å². The minimum absolute atomic E-state index is 0.0941. The van der Waals surface area contributed by atoms with Gasteiger partial charge in [-0.1, -0.05) is 11.6 Å². The Kier molecular flexibility index (Phi) is 7.58. The smallest absolute Gasteiger partial charge is 0.412 e. The number of carbonyl (C=O) groups excluding carboxylic acids is 1. The fraction of sp³-hybridized carbons (Fsp3) is 0.435. The molecule has 2 heterocycles. The molecule has 1 atom stereocenters. The molecular weight excluding hydrogens is 563 g/mol. The van der Waals surface area contributed by atoms with Crippen molar-refractivity contribution in [1.82, 2.24) is 8.61 Å². The number of carbonyl (C=O) groups is 1. The van der Waals surface area contributed by atoms with Crippen LogP contribution in [0, 0.1) is 5.82 Å². The van der Waals surface area contributed by atoms with Gasteiger partial charge in [0.15, 0.2) is 0 Å². The number of hydrogen-bond donors (Lipinski definition) is 1. The maximum Gasteiger partial charge on any atom is 0.412 e. The van der Waals surface area contributed by atoms with Gasteiger partial charge in [0.25, 0.3) is 20.2 Å². The van der Waals surface area contributed by atoms with Crippen LogP contribution in [-0.2, 0) is 25.0 Å². The lowest BCUT2D eigenvalue weighted by atomic mass is 10.2. The quantitative estimate of drug-likeness (QED) is 0.566. The number of benzene rings is 2. The molecule has 1 amide bonds. The molecule has 0 radical (unpaired) electrons. The van der Waals surface area contributed by atoms with E-state index in [1.165, 1.54) is 33.9 Å². The predicted molar refractivity (Wildman–Crippen MR) is 140 cm³/mol. The summed E-state index contributed by atoms with van der Waals surface area (Å²) in [6.45, 7) is 5.28. The highest BCUT2D eigenvalue weighted by Crippen LogP contribution is 2.40. The molecule has 0 saturated carbocycles. The van der Waals surface area contributed by atoms with Crippen LogP contribution in [0.15, 0.2) is 41.3 Å². The molecule has 1 N–H and O–H groups in total. The summed E-state index contributed by atoms with van der Waals surface area (Å²) >= 11 is 5.86. The number of nitrogens with one attached hydrogen (secondary N) is 1. The minimum Gasteiger partial charge on any atom is -0.485 e. The van der Waals surface area contributed by atoms with E-state index in [1.54, 1.807) is 20.8 Å². The van der Waals surface area contributed by atoms with Gasteiger partial charge in [-0.05, 0) is 57.2 Å². The number of halogens is 2. The third kappa shape index (κ3) is 5.83. The van der Waals surface area contributed by atoms with Crippen LogP contribution in [-0.4, -0.2) is 76.5 Å². The van der Waals surface area contributed by atoms with Crippen LogP contribution in [0.5, 0.6) is 5.75 Å². The molecule has 0 unspecified atom stereocenters. The van der Waals surface area contributed by atoms with E-state index in [9.17, 15) is 26.0 Å². The van der Waals surface area contributed by atoms with Crippen molar-refractivity contribution in [3.05, 3.63) is 47.2 Å². The summed E-state index contributed by atoms with van der Waals surface area (Å²) < 4.78 is 81.2. The van der Waals surface area contributed by atoms with Crippen LogP contribution < -0.4 is 14.4 Å². The number of ether oxygens (including phenoxy) is 2. The Balaban J connectivity index is 1.71. The third-order valence-corrected chi connectivity index (χ3v) is 9.83. The number of amides is 1. The molecule has 15 heteroatoms. The Morgan fingerprint density at radius 3 is 2.53 bits per heavy atom. The molecule has 38 heavy (non-hydrogen) atoms. The lowest BCUT2D eigenvalue weighted by Gasteiger charge is -2.36. The van der Waals surface area contributed by atoms with Crippen molar-refractivity contribution in [1.29, 1.82) is 0 Å². The average Bonchev–Trinajstić information content (AvgIpc) is 3.05. The molecule has 2 aliphatic rings. The van der Waals surface area contributed by atoms with Crippen molar-refractivity contribution in [2.24, 2.45) is 0 Å². The summed E-state index contributed by atoms with van der Waals surface area (Å²) in [6, 6.07) is 7.41. The highest BCUT2D eigenvalue weighted by Gasteiger charge is 2.40. The summed E-state index contributed by atoms with van der Waals surface area (Å²) in [6.07, 6.45) is -1.60. The van der Waals surface area contributed by atoms with Gasteiger partial charge in [-0.2, -0.15) is 17.0 Å². The summed E-state index contributed by atoms with van der Waals surface area (Å²) in [4.78, 5) is 12.0. The van der Waals surface area contributed by atoms with Gasteiger partial charge < -0.3 is 9.47 Å². The topological polar surface area (TPSA) is 126 Å². The number of rotatable bonds is 5. The van der Waals surface area contributed by atoms with Crippen molar-refractivity contribution < 1.29 is 35.5 Å². The summed E-state index contributed by atoms with van der Waals surface area (Å²) in [5.41, 5.74) is -0.423. The maximum absolute atomic E-state index is 13.8. The van der Waals surface area contributed by atoms with Crippen LogP contribution >= 0.6 is 11.6 Å². The molecule has 2 aromatic carbocycles. The first-order chi connectivity index (χ1) is 17.6. The maximum atomic E-state index is 13.8. The van der Waals surface area contributed by atoms with Crippen LogP contribution in [0.25, 0.3) is 0 Å². The molecule has 0 aliphatic carbocycles. The van der Waals surface area contributed by atoms with Crippen LogP contribution in [0.1, 0.15) is 20.8 Å². The van der Waals surface area contributed by atoms with Crippen molar-refractivity contribution >= 4 is 49.3 Å². The zero-order valence-electron chi connectivity index (χ0n) is 21.1. The molecule has 208 valence electrons. The Morgan fingerprint density at radius 2 is 1.92 bits per heavy atom. The van der Waals surface area contributed by atoms with E-state index in [0.29, 0.717) is 6.54 Å². The highest BCUT2D eigenvalue weighted by atomic mass is 35.5. The first-order valence-corrected chi connectivity index (χ1v) is 14.8. The van der Waals surface area contributed by atoms with Gasteiger partial charge >= 0.3 is 6.09 Å². The number of nitrogens with zero attached hydrogens (tertiary/aromatic N) is 3.